The third-order valence-corrected chi connectivity index (χ3v) is 1.82. The third kappa shape index (κ3) is 6.65. The monoisotopic (exact) mass is 215 g/mol. The predicted octanol–water partition coefficient (Wildman–Crippen LogP) is 0.281. The van der Waals surface area contributed by atoms with E-state index in [0.29, 0.717) is 0 Å². The van der Waals surface area contributed by atoms with Crippen LogP contribution in [0.3, 0.4) is 0 Å². The van der Waals surface area contributed by atoms with Crippen LogP contribution in [0.5, 0.6) is 0 Å². The summed E-state index contributed by atoms with van der Waals surface area (Å²) in [4.78, 5) is 33.0. The number of hydrogen-bond acceptors (Lipinski definition) is 4. The molecule has 0 aromatic rings. The second-order valence-corrected chi connectivity index (χ2v) is 3.49. The molecule has 0 saturated carbocycles. The molecule has 5 heteroatoms. The van der Waals surface area contributed by atoms with Gasteiger partial charge < -0.3 is 10.1 Å². The lowest BCUT2D eigenvalue weighted by Crippen LogP contribution is -2.32. The van der Waals surface area contributed by atoms with Gasteiger partial charge >= 0.3 is 5.97 Å². The molecule has 0 heterocycles. The number of carbonyl (C=O) groups is 3. The van der Waals surface area contributed by atoms with E-state index in [1.165, 1.54) is 7.11 Å². The minimum Gasteiger partial charge on any atom is -0.469 e. The quantitative estimate of drug-likeness (QED) is 0.646. The normalized spacial score (nSPS) is 9.87. The Balaban J connectivity index is 3.67. The van der Waals surface area contributed by atoms with Crippen LogP contribution in [0.1, 0.15) is 26.7 Å². The van der Waals surface area contributed by atoms with Gasteiger partial charge in [-0.05, 0) is 0 Å². The first-order chi connectivity index (χ1) is 6.97. The molecule has 0 rings (SSSR count). The van der Waals surface area contributed by atoms with Crippen molar-refractivity contribution in [3.05, 3.63) is 0 Å². The summed E-state index contributed by atoms with van der Waals surface area (Å²) in [5, 5.41) is 2.48. The lowest BCUT2D eigenvalue weighted by molar-refractivity contribution is -0.141. The van der Waals surface area contributed by atoms with Crippen LogP contribution in [-0.2, 0) is 19.1 Å². The lowest BCUT2D eigenvalue weighted by Gasteiger charge is -2.06. The van der Waals surface area contributed by atoms with Gasteiger partial charge in [-0.15, -0.1) is 0 Å². The van der Waals surface area contributed by atoms with E-state index in [0.717, 1.165) is 0 Å². The molecule has 0 saturated heterocycles. The SMILES string of the molecule is COC(=O)CCC(=O)CNC(=O)C(C)C. The van der Waals surface area contributed by atoms with Crippen LogP contribution in [0.2, 0.25) is 0 Å². The largest absolute Gasteiger partial charge is 0.469 e. The van der Waals surface area contributed by atoms with E-state index in [-0.39, 0.29) is 37.0 Å². The van der Waals surface area contributed by atoms with Gasteiger partial charge in [0.1, 0.15) is 0 Å². The maximum atomic E-state index is 11.2. The Labute approximate surface area is 89.2 Å². The highest BCUT2D eigenvalue weighted by atomic mass is 16.5. The molecule has 0 aliphatic rings. The number of hydrogen-bond donors (Lipinski definition) is 1. The molecule has 0 bridgehead atoms. The highest BCUT2D eigenvalue weighted by Crippen LogP contribution is 1.94. The maximum Gasteiger partial charge on any atom is 0.305 e. The van der Waals surface area contributed by atoms with Crippen molar-refractivity contribution in [2.75, 3.05) is 13.7 Å². The predicted molar refractivity (Wildman–Crippen MR) is 54.1 cm³/mol. The molecule has 0 atom stereocenters. The molecule has 15 heavy (non-hydrogen) atoms. The van der Waals surface area contributed by atoms with Crippen molar-refractivity contribution < 1.29 is 19.1 Å². The summed E-state index contributed by atoms with van der Waals surface area (Å²) in [6.45, 7) is 3.47. The Morgan fingerprint density at radius 3 is 2.27 bits per heavy atom. The van der Waals surface area contributed by atoms with E-state index in [1.54, 1.807) is 13.8 Å². The van der Waals surface area contributed by atoms with Gasteiger partial charge in [-0.2, -0.15) is 0 Å². The van der Waals surface area contributed by atoms with Gasteiger partial charge in [-0.25, -0.2) is 0 Å². The van der Waals surface area contributed by atoms with Crippen molar-refractivity contribution in [3.63, 3.8) is 0 Å². The Kier molecular flexibility index (Phi) is 6.33. The first-order valence-corrected chi connectivity index (χ1v) is 4.83. The van der Waals surface area contributed by atoms with Crippen LogP contribution in [0.25, 0.3) is 0 Å². The minimum atomic E-state index is -0.418. The summed E-state index contributed by atoms with van der Waals surface area (Å²) in [6.07, 6.45) is 0.165. The van der Waals surface area contributed by atoms with Crippen LogP contribution in [0.4, 0.5) is 0 Å². The van der Waals surface area contributed by atoms with E-state index in [2.05, 4.69) is 10.1 Å². The third-order valence-electron chi connectivity index (χ3n) is 1.82. The Morgan fingerprint density at radius 2 is 1.80 bits per heavy atom. The molecular weight excluding hydrogens is 198 g/mol. The van der Waals surface area contributed by atoms with Crippen LogP contribution in [0.15, 0.2) is 0 Å². The smallest absolute Gasteiger partial charge is 0.305 e. The van der Waals surface area contributed by atoms with Crippen molar-refractivity contribution in [3.8, 4) is 0 Å². The number of rotatable bonds is 6. The van der Waals surface area contributed by atoms with E-state index < -0.39 is 5.97 Å². The molecule has 0 spiro atoms. The van der Waals surface area contributed by atoms with Crippen molar-refractivity contribution >= 4 is 17.7 Å². The molecule has 0 aromatic carbocycles. The second-order valence-electron chi connectivity index (χ2n) is 3.49. The number of nitrogens with one attached hydrogen (secondary N) is 1. The molecule has 0 aromatic heterocycles. The fourth-order valence-electron chi connectivity index (χ4n) is 0.822. The zero-order chi connectivity index (χ0) is 11.8. The number of methoxy groups -OCH3 is 1. The van der Waals surface area contributed by atoms with Gasteiger partial charge in [0, 0.05) is 12.3 Å². The summed E-state index contributed by atoms with van der Waals surface area (Å²) in [5.74, 6) is -0.896. The molecule has 86 valence electrons. The summed E-state index contributed by atoms with van der Waals surface area (Å²) in [6, 6.07) is 0. The van der Waals surface area contributed by atoms with E-state index in [1.807, 2.05) is 0 Å². The van der Waals surface area contributed by atoms with Gasteiger partial charge in [0.05, 0.1) is 20.1 Å². The van der Waals surface area contributed by atoms with Crippen molar-refractivity contribution in [1.82, 2.24) is 5.32 Å². The summed E-state index contributed by atoms with van der Waals surface area (Å²) >= 11 is 0. The average Bonchev–Trinajstić information content (AvgIpc) is 2.21. The Hall–Kier alpha value is -1.39. The molecule has 0 fully saturated rings. The van der Waals surface area contributed by atoms with Crippen LogP contribution >= 0.6 is 0 Å². The fraction of sp³-hybridized carbons (Fsp3) is 0.700. The molecule has 0 unspecified atom stereocenters. The topological polar surface area (TPSA) is 72.5 Å². The number of ketones is 1. The second kappa shape index (κ2) is 6.98. The van der Waals surface area contributed by atoms with E-state index >= 15 is 0 Å². The van der Waals surface area contributed by atoms with Crippen LogP contribution < -0.4 is 5.32 Å². The molecule has 0 aliphatic carbocycles. The summed E-state index contributed by atoms with van der Waals surface area (Å²) in [7, 11) is 1.27. The minimum absolute atomic E-state index is 0.0198. The van der Waals surface area contributed by atoms with Crippen LogP contribution in [-0.4, -0.2) is 31.3 Å². The highest BCUT2D eigenvalue weighted by Gasteiger charge is 2.10. The molecule has 5 nitrogen and oxygen atoms in total. The van der Waals surface area contributed by atoms with Crippen LogP contribution in [0, 0.1) is 5.92 Å². The number of amides is 1. The fourth-order valence-corrected chi connectivity index (χ4v) is 0.822. The standard InChI is InChI=1S/C10H17NO4/c1-7(2)10(14)11-6-8(12)4-5-9(13)15-3/h7H,4-6H2,1-3H3,(H,11,14). The first kappa shape index (κ1) is 13.6. The first-order valence-electron chi connectivity index (χ1n) is 4.83. The lowest BCUT2D eigenvalue weighted by atomic mass is 10.2. The maximum absolute atomic E-state index is 11.2. The summed E-state index contributed by atoms with van der Waals surface area (Å²) < 4.78 is 4.39. The zero-order valence-corrected chi connectivity index (χ0v) is 9.33. The molecule has 0 radical (unpaired) electrons. The number of carbonyl (C=O) groups excluding carboxylic acids is 3. The number of Topliss-reactive ketones (excluding diaryl/α,β-unsaturated/α-hetero) is 1. The van der Waals surface area contributed by atoms with Gasteiger partial charge in [0.25, 0.3) is 0 Å². The van der Waals surface area contributed by atoms with Gasteiger partial charge in [0.15, 0.2) is 5.78 Å². The van der Waals surface area contributed by atoms with Crippen molar-refractivity contribution in [2.24, 2.45) is 5.92 Å². The van der Waals surface area contributed by atoms with Crippen molar-refractivity contribution in [2.45, 2.75) is 26.7 Å². The molecule has 1 N–H and O–H groups in total. The van der Waals surface area contributed by atoms with Crippen molar-refractivity contribution in [1.29, 1.82) is 0 Å². The Morgan fingerprint density at radius 1 is 1.20 bits per heavy atom. The van der Waals surface area contributed by atoms with E-state index in [4.69, 9.17) is 0 Å². The molecule has 0 aliphatic heterocycles. The molecular formula is C10H17NO4. The van der Waals surface area contributed by atoms with Gasteiger partial charge in [-0.1, -0.05) is 13.8 Å². The number of ether oxygens (including phenoxy) is 1. The number of esters is 1. The zero-order valence-electron chi connectivity index (χ0n) is 9.33. The molecule has 1 amide bonds. The van der Waals surface area contributed by atoms with Gasteiger partial charge in [-0.3, -0.25) is 14.4 Å². The Bertz CT molecular complexity index is 248. The average molecular weight is 215 g/mol. The van der Waals surface area contributed by atoms with Gasteiger partial charge in [0.2, 0.25) is 5.91 Å². The highest BCUT2D eigenvalue weighted by molar-refractivity contribution is 5.88. The summed E-state index contributed by atoms with van der Waals surface area (Å²) in [5.41, 5.74) is 0. The van der Waals surface area contributed by atoms with E-state index in [9.17, 15) is 14.4 Å².